The Bertz CT molecular complexity index is 1930. The van der Waals surface area contributed by atoms with Crippen molar-refractivity contribution >= 4 is 23.1 Å². The van der Waals surface area contributed by atoms with E-state index in [1.807, 2.05) is 39.4 Å². The summed E-state index contributed by atoms with van der Waals surface area (Å²) in [6.45, 7) is 5.56. The number of nitrogens with zero attached hydrogens (tertiary/aromatic N) is 6. The first-order chi connectivity index (χ1) is 22.2. The number of hydrogen-bond donors (Lipinski definition) is 2. The molecule has 11 heteroatoms. The van der Waals surface area contributed by atoms with Crippen LogP contribution in [0.1, 0.15) is 94.1 Å². The van der Waals surface area contributed by atoms with Crippen LogP contribution < -0.4 is 11.0 Å². The summed E-state index contributed by atoms with van der Waals surface area (Å²) in [4.78, 5) is 37.2. The summed E-state index contributed by atoms with van der Waals surface area (Å²) in [7, 11) is 0. The van der Waals surface area contributed by atoms with E-state index in [1.54, 1.807) is 13.8 Å². The first-order valence-electron chi connectivity index (χ1n) is 16.1. The lowest BCUT2D eigenvalue weighted by atomic mass is 9.77. The first-order valence-corrected chi connectivity index (χ1v) is 16.1. The fraction of sp³-hybridized carbons (Fsp3) is 0.429. The maximum absolute atomic E-state index is 14.6. The number of carbonyl (C=O) groups excluding carboxylic acids is 1. The highest BCUT2D eigenvalue weighted by atomic mass is 16.7. The van der Waals surface area contributed by atoms with E-state index in [0.717, 1.165) is 60.1 Å². The topological polar surface area (TPSA) is 135 Å². The van der Waals surface area contributed by atoms with E-state index in [-0.39, 0.29) is 23.9 Å². The average Bonchev–Trinajstić information content (AvgIpc) is 3.81. The molecule has 1 saturated carbocycles. The van der Waals surface area contributed by atoms with Crippen LogP contribution in [0.15, 0.2) is 69.9 Å². The molecule has 2 N–H and O–H groups in total. The van der Waals surface area contributed by atoms with Crippen LogP contribution in [0.2, 0.25) is 0 Å². The summed E-state index contributed by atoms with van der Waals surface area (Å²) in [6.07, 6.45) is 7.15. The third kappa shape index (κ3) is 5.42. The summed E-state index contributed by atoms with van der Waals surface area (Å²) in [5.74, 6) is 0.424. The zero-order valence-electron chi connectivity index (χ0n) is 26.5. The monoisotopic (exact) mass is 621 g/mol. The predicted molar refractivity (Wildman–Crippen MR) is 175 cm³/mol. The molecule has 3 aliphatic rings. The van der Waals surface area contributed by atoms with Crippen LogP contribution in [0.3, 0.4) is 0 Å². The number of benzene rings is 2. The van der Waals surface area contributed by atoms with Gasteiger partial charge in [-0.25, -0.2) is 9.94 Å². The molecule has 2 aliphatic heterocycles. The van der Waals surface area contributed by atoms with Gasteiger partial charge in [0.05, 0.1) is 23.5 Å². The Balaban J connectivity index is 1.26. The molecule has 0 radical (unpaired) electrons. The van der Waals surface area contributed by atoms with Crippen LogP contribution >= 0.6 is 0 Å². The summed E-state index contributed by atoms with van der Waals surface area (Å²) in [5, 5.41) is 23.7. The van der Waals surface area contributed by atoms with E-state index in [1.165, 1.54) is 6.33 Å². The Kier molecular flexibility index (Phi) is 7.59. The molecule has 4 aromatic rings. The van der Waals surface area contributed by atoms with Crippen molar-refractivity contribution in [3.8, 4) is 11.1 Å². The molecular formula is C35H39N7O4. The molecule has 0 bridgehead atoms. The fourth-order valence-electron chi connectivity index (χ4n) is 7.11. The summed E-state index contributed by atoms with van der Waals surface area (Å²) >= 11 is 0. The van der Waals surface area contributed by atoms with Crippen molar-refractivity contribution in [2.24, 2.45) is 10.3 Å². The zero-order valence-corrected chi connectivity index (χ0v) is 26.5. The Morgan fingerprint density at radius 3 is 2.54 bits per heavy atom. The number of hydrazone groups is 1. The highest BCUT2D eigenvalue weighted by Gasteiger charge is 2.46. The molecule has 0 atom stereocenters. The number of fused-ring (bicyclic) bond motifs is 1. The Hall–Kier alpha value is -4.64. The zero-order chi connectivity index (χ0) is 32.1. The average molecular weight is 622 g/mol. The predicted octanol–water partition coefficient (Wildman–Crippen LogP) is 4.73. The van der Waals surface area contributed by atoms with Gasteiger partial charge in [0.2, 0.25) is 11.7 Å². The number of amides is 1. The van der Waals surface area contributed by atoms with Crippen LogP contribution in [-0.4, -0.2) is 52.8 Å². The Labute approximate surface area is 267 Å². The summed E-state index contributed by atoms with van der Waals surface area (Å²) in [5.41, 5.74) is 7.84. The van der Waals surface area contributed by atoms with Gasteiger partial charge in [-0.15, -0.1) is 0 Å². The highest BCUT2D eigenvalue weighted by Crippen LogP contribution is 2.43. The molecule has 1 amide bonds. The van der Waals surface area contributed by atoms with E-state index in [9.17, 15) is 14.7 Å². The number of rotatable bonds is 8. The second-order valence-corrected chi connectivity index (χ2v) is 13.3. The fourth-order valence-corrected chi connectivity index (χ4v) is 7.11. The minimum Gasteiger partial charge on any atom is -0.389 e. The van der Waals surface area contributed by atoms with Gasteiger partial charge in [0.1, 0.15) is 17.5 Å². The molecule has 0 unspecified atom stereocenters. The van der Waals surface area contributed by atoms with Crippen LogP contribution in [0, 0.1) is 0 Å². The molecule has 7 rings (SSSR count). The second-order valence-electron chi connectivity index (χ2n) is 13.3. The van der Waals surface area contributed by atoms with E-state index in [2.05, 4.69) is 50.9 Å². The minimum absolute atomic E-state index is 0.0468. The van der Waals surface area contributed by atoms with E-state index in [0.29, 0.717) is 42.0 Å². The molecule has 0 saturated heterocycles. The normalized spacial score (nSPS) is 21.4. The maximum Gasteiger partial charge on any atom is 0.259 e. The van der Waals surface area contributed by atoms with Crippen molar-refractivity contribution in [2.45, 2.75) is 95.8 Å². The van der Waals surface area contributed by atoms with E-state index in [4.69, 9.17) is 4.84 Å². The standard InChI is InChI=1S/C35H39N7O4/c1-4-8-29-27(18-22-11-12-25(23-9-6-5-7-10-23)26(17-22)28-19-31(43)39-38-28)32(44)41(33-36-21-37-42(29)33)24-13-15-35(16-14-24)20-30(40-46-35)34(2,3)45/h5-7,9-12,17,21,24,45H,4,8,13-16,18-20H2,1-3H3,(H,39,43). The van der Waals surface area contributed by atoms with Crippen LogP contribution in [0.4, 0.5) is 0 Å². The molecule has 238 valence electrons. The van der Waals surface area contributed by atoms with Gasteiger partial charge in [-0.1, -0.05) is 61.0 Å². The molecule has 2 aromatic carbocycles. The lowest BCUT2D eigenvalue weighted by Gasteiger charge is -2.36. The molecule has 2 aromatic heterocycles. The SMILES string of the molecule is CCCc1c(Cc2ccc(-c3ccccc3)c(C3=NNC(=O)C3)c2)c(=O)n(C2CCC3(CC2)CC(C(C)(C)O)=NO3)c2ncnn12. The van der Waals surface area contributed by atoms with Crippen molar-refractivity contribution in [3.05, 3.63) is 87.6 Å². The molecule has 1 aliphatic carbocycles. The summed E-state index contributed by atoms with van der Waals surface area (Å²) in [6, 6.07) is 16.2. The van der Waals surface area contributed by atoms with Gasteiger partial charge >= 0.3 is 0 Å². The quantitative estimate of drug-likeness (QED) is 0.292. The van der Waals surface area contributed by atoms with Crippen molar-refractivity contribution in [1.82, 2.24) is 24.6 Å². The smallest absolute Gasteiger partial charge is 0.259 e. The number of carbonyl (C=O) groups is 1. The number of nitrogens with one attached hydrogen (secondary N) is 1. The van der Waals surface area contributed by atoms with Crippen molar-refractivity contribution in [2.75, 3.05) is 0 Å². The Morgan fingerprint density at radius 1 is 1.09 bits per heavy atom. The molecule has 1 spiro atoms. The molecule has 4 heterocycles. The van der Waals surface area contributed by atoms with Crippen LogP contribution in [-0.2, 0) is 22.5 Å². The Morgan fingerprint density at radius 2 is 1.87 bits per heavy atom. The van der Waals surface area contributed by atoms with Crippen LogP contribution in [0.25, 0.3) is 16.9 Å². The van der Waals surface area contributed by atoms with Crippen molar-refractivity contribution in [3.63, 3.8) is 0 Å². The maximum atomic E-state index is 14.6. The summed E-state index contributed by atoms with van der Waals surface area (Å²) < 4.78 is 3.68. The van der Waals surface area contributed by atoms with Gasteiger partial charge in [0, 0.05) is 30.0 Å². The molecule has 46 heavy (non-hydrogen) atoms. The number of oxime groups is 1. The molecule has 11 nitrogen and oxygen atoms in total. The number of aromatic nitrogens is 4. The van der Waals surface area contributed by atoms with Gasteiger partial charge in [0.25, 0.3) is 5.56 Å². The lowest BCUT2D eigenvalue weighted by molar-refractivity contribution is -0.119. The minimum atomic E-state index is -1.02. The van der Waals surface area contributed by atoms with E-state index >= 15 is 0 Å². The lowest BCUT2D eigenvalue weighted by Crippen LogP contribution is -2.41. The van der Waals surface area contributed by atoms with Gasteiger partial charge in [0.15, 0.2) is 0 Å². The van der Waals surface area contributed by atoms with Crippen molar-refractivity contribution in [1.29, 1.82) is 0 Å². The molecule has 1 fully saturated rings. The number of aryl methyl sites for hydroxylation is 1. The number of hydrogen-bond acceptors (Lipinski definition) is 8. The molecular weight excluding hydrogens is 582 g/mol. The third-order valence-electron chi connectivity index (χ3n) is 9.59. The van der Waals surface area contributed by atoms with Gasteiger partial charge in [-0.3, -0.25) is 14.2 Å². The largest absolute Gasteiger partial charge is 0.389 e. The van der Waals surface area contributed by atoms with Gasteiger partial charge < -0.3 is 9.94 Å². The van der Waals surface area contributed by atoms with Crippen LogP contribution in [0.5, 0.6) is 0 Å². The second kappa shape index (κ2) is 11.6. The van der Waals surface area contributed by atoms with Crippen molar-refractivity contribution < 1.29 is 14.7 Å². The van der Waals surface area contributed by atoms with Gasteiger partial charge in [-0.05, 0) is 68.7 Å². The number of aliphatic hydroxyl groups is 1. The van der Waals surface area contributed by atoms with Gasteiger partial charge in [-0.2, -0.15) is 15.2 Å². The third-order valence-corrected chi connectivity index (χ3v) is 9.59. The van der Waals surface area contributed by atoms with E-state index < -0.39 is 11.2 Å². The first kappa shape index (κ1) is 30.0. The highest BCUT2D eigenvalue weighted by molar-refractivity contribution is 6.16.